The second kappa shape index (κ2) is 5.49. The lowest BCUT2D eigenvalue weighted by atomic mass is 10.2. The van der Waals surface area contributed by atoms with Gasteiger partial charge in [0.15, 0.2) is 0 Å². The van der Waals surface area contributed by atoms with E-state index in [1.807, 2.05) is 6.07 Å². The van der Waals surface area contributed by atoms with E-state index in [-0.39, 0.29) is 13.2 Å². The molecular weight excluding hydrogens is 228 g/mol. The summed E-state index contributed by atoms with van der Waals surface area (Å²) in [6, 6.07) is 6.97. The maximum absolute atomic E-state index is 11.4. The molecule has 0 aliphatic heterocycles. The average Bonchev–Trinajstić information content (AvgIpc) is 2.21. The van der Waals surface area contributed by atoms with Crippen LogP contribution in [0.4, 0.5) is 5.69 Å². The molecule has 0 unspecified atom stereocenters. The fourth-order valence-electron chi connectivity index (χ4n) is 1.04. The molecule has 86 valence electrons. The van der Waals surface area contributed by atoms with E-state index in [2.05, 4.69) is 13.8 Å². The minimum atomic E-state index is -3.82. The average molecular weight is 240 g/mol. The van der Waals surface area contributed by atoms with Crippen molar-refractivity contribution in [1.29, 1.82) is 0 Å². The number of benzene rings is 1. The Kier molecular flexibility index (Phi) is 4.28. The van der Waals surface area contributed by atoms with Gasteiger partial charge in [-0.15, -0.1) is 0 Å². The summed E-state index contributed by atoms with van der Waals surface area (Å²) in [6.45, 7) is 8.17. The first-order valence-electron chi connectivity index (χ1n) is 4.61. The van der Waals surface area contributed by atoms with Crippen LogP contribution in [0.25, 0.3) is 4.85 Å². The summed E-state index contributed by atoms with van der Waals surface area (Å²) in [5.41, 5.74) is 1.28. The van der Waals surface area contributed by atoms with E-state index in [0.717, 1.165) is 5.56 Å². The zero-order valence-electron chi connectivity index (χ0n) is 8.80. The highest BCUT2D eigenvalue weighted by atomic mass is 32.2. The van der Waals surface area contributed by atoms with Gasteiger partial charge in [-0.1, -0.05) is 18.2 Å². The van der Waals surface area contributed by atoms with Crippen LogP contribution in [0.2, 0.25) is 0 Å². The van der Waals surface area contributed by atoms with Crippen molar-refractivity contribution in [3.63, 3.8) is 0 Å². The number of rotatable bonds is 5. The van der Waals surface area contributed by atoms with Crippen molar-refractivity contribution < 1.29 is 12.6 Å². The van der Waals surface area contributed by atoms with Gasteiger partial charge < -0.3 is 4.85 Å². The molecule has 16 heavy (non-hydrogen) atoms. The maximum atomic E-state index is 11.4. The Labute approximate surface area is 95.1 Å². The SMILES string of the molecule is [C-]#[N+]CCOS(=O)(=O)Nc1ccccc1C. The monoisotopic (exact) mass is 240 g/mol. The van der Waals surface area contributed by atoms with Crippen LogP contribution in [-0.4, -0.2) is 21.6 Å². The van der Waals surface area contributed by atoms with Crippen molar-refractivity contribution in [3.8, 4) is 0 Å². The number of hydrogen-bond acceptors (Lipinski definition) is 3. The fourth-order valence-corrected chi connectivity index (χ4v) is 1.90. The predicted molar refractivity (Wildman–Crippen MR) is 61.1 cm³/mol. The van der Waals surface area contributed by atoms with Gasteiger partial charge in [0.2, 0.25) is 6.54 Å². The van der Waals surface area contributed by atoms with Crippen molar-refractivity contribution in [3.05, 3.63) is 41.2 Å². The Morgan fingerprint density at radius 2 is 2.12 bits per heavy atom. The summed E-state index contributed by atoms with van der Waals surface area (Å²) in [7, 11) is -3.82. The van der Waals surface area contributed by atoms with Crippen LogP contribution < -0.4 is 4.72 Å². The molecule has 0 heterocycles. The molecule has 0 saturated heterocycles. The van der Waals surface area contributed by atoms with Crippen LogP contribution in [0.5, 0.6) is 0 Å². The van der Waals surface area contributed by atoms with Crippen LogP contribution in [0.1, 0.15) is 5.56 Å². The predicted octanol–water partition coefficient (Wildman–Crippen LogP) is 1.59. The first-order valence-corrected chi connectivity index (χ1v) is 6.02. The van der Waals surface area contributed by atoms with Gasteiger partial charge in [0, 0.05) is 0 Å². The summed E-state index contributed by atoms with van der Waals surface area (Å²) in [5.74, 6) is 0. The summed E-state index contributed by atoms with van der Waals surface area (Å²) >= 11 is 0. The fraction of sp³-hybridized carbons (Fsp3) is 0.300. The van der Waals surface area contributed by atoms with Gasteiger partial charge in [0.05, 0.1) is 5.69 Å². The Morgan fingerprint density at radius 1 is 1.44 bits per heavy atom. The van der Waals surface area contributed by atoms with Crippen LogP contribution in [-0.2, 0) is 14.5 Å². The van der Waals surface area contributed by atoms with E-state index in [1.54, 1.807) is 25.1 Å². The molecule has 1 N–H and O–H groups in total. The van der Waals surface area contributed by atoms with Crippen molar-refractivity contribution in [2.75, 3.05) is 17.9 Å². The number of nitrogens with zero attached hydrogens (tertiary/aromatic N) is 1. The lowest BCUT2D eigenvalue weighted by Crippen LogP contribution is -2.18. The number of para-hydroxylation sites is 1. The zero-order chi connectivity index (χ0) is 12.0. The molecule has 0 spiro atoms. The molecule has 0 fully saturated rings. The van der Waals surface area contributed by atoms with Gasteiger partial charge in [-0.2, -0.15) is 8.42 Å². The standard InChI is InChI=1S/C10H12N2O3S/c1-9-5-3-4-6-10(9)12-16(13,14)15-8-7-11-2/h3-6,12H,7-8H2,1H3. The van der Waals surface area contributed by atoms with E-state index in [0.29, 0.717) is 5.69 Å². The molecule has 0 amide bonds. The molecule has 1 rings (SSSR count). The summed E-state index contributed by atoms with van der Waals surface area (Å²) < 4.78 is 29.7. The van der Waals surface area contributed by atoms with Gasteiger partial charge in [0.25, 0.3) is 0 Å². The summed E-state index contributed by atoms with van der Waals surface area (Å²) in [4.78, 5) is 3.00. The van der Waals surface area contributed by atoms with Crippen molar-refractivity contribution in [2.24, 2.45) is 0 Å². The van der Waals surface area contributed by atoms with Crippen LogP contribution in [0.15, 0.2) is 24.3 Å². The minimum absolute atomic E-state index is 0.0225. The van der Waals surface area contributed by atoms with Crippen LogP contribution in [0, 0.1) is 13.5 Å². The Bertz CT molecular complexity index is 491. The van der Waals surface area contributed by atoms with E-state index >= 15 is 0 Å². The third-order valence-corrected chi connectivity index (χ3v) is 2.77. The molecular formula is C10H12N2O3S. The number of hydrogen-bond donors (Lipinski definition) is 1. The molecule has 1 aromatic rings. The second-order valence-corrected chi connectivity index (χ2v) is 4.42. The third-order valence-electron chi connectivity index (χ3n) is 1.82. The van der Waals surface area contributed by atoms with E-state index in [4.69, 9.17) is 6.57 Å². The number of nitrogens with one attached hydrogen (secondary N) is 1. The molecule has 6 heteroatoms. The van der Waals surface area contributed by atoms with Gasteiger partial charge >= 0.3 is 10.3 Å². The quantitative estimate of drug-likeness (QED) is 0.628. The molecule has 1 aromatic carbocycles. The minimum Gasteiger partial charge on any atom is -0.314 e. The van der Waals surface area contributed by atoms with Gasteiger partial charge in [-0.25, -0.2) is 10.8 Å². The Morgan fingerprint density at radius 3 is 2.75 bits per heavy atom. The van der Waals surface area contributed by atoms with E-state index < -0.39 is 10.3 Å². The molecule has 0 aliphatic rings. The van der Waals surface area contributed by atoms with E-state index in [9.17, 15) is 8.42 Å². The molecule has 0 saturated carbocycles. The number of anilines is 1. The molecule has 5 nitrogen and oxygen atoms in total. The topological polar surface area (TPSA) is 59.8 Å². The normalized spacial score (nSPS) is 10.8. The largest absolute Gasteiger partial charge is 0.360 e. The zero-order valence-corrected chi connectivity index (χ0v) is 9.62. The summed E-state index contributed by atoms with van der Waals surface area (Å²) in [5, 5.41) is 0. The van der Waals surface area contributed by atoms with Crippen LogP contribution >= 0.6 is 0 Å². The highest BCUT2D eigenvalue weighted by Crippen LogP contribution is 2.15. The third kappa shape index (κ3) is 3.88. The molecule has 0 aliphatic carbocycles. The first kappa shape index (κ1) is 12.5. The second-order valence-electron chi connectivity index (χ2n) is 3.07. The maximum Gasteiger partial charge on any atom is 0.360 e. The Hall–Kier alpha value is -1.58. The molecule has 0 bridgehead atoms. The number of aryl methyl sites for hydroxylation is 1. The van der Waals surface area contributed by atoms with Gasteiger partial charge in [-0.3, -0.25) is 4.72 Å². The van der Waals surface area contributed by atoms with Crippen molar-refractivity contribution in [2.45, 2.75) is 6.92 Å². The molecule has 0 aromatic heterocycles. The molecule has 0 radical (unpaired) electrons. The van der Waals surface area contributed by atoms with E-state index in [1.165, 1.54) is 0 Å². The van der Waals surface area contributed by atoms with Crippen molar-refractivity contribution >= 4 is 16.0 Å². The smallest absolute Gasteiger partial charge is 0.314 e. The van der Waals surface area contributed by atoms with Gasteiger partial charge in [-0.05, 0) is 18.6 Å². The Balaban J connectivity index is 2.67. The van der Waals surface area contributed by atoms with Gasteiger partial charge in [0.1, 0.15) is 6.61 Å². The highest BCUT2D eigenvalue weighted by molar-refractivity contribution is 7.88. The first-order chi connectivity index (χ1) is 7.55. The van der Waals surface area contributed by atoms with Crippen LogP contribution in [0.3, 0.4) is 0 Å². The van der Waals surface area contributed by atoms with Crippen molar-refractivity contribution in [1.82, 2.24) is 0 Å². The lowest BCUT2D eigenvalue weighted by molar-refractivity contribution is 0.338. The highest BCUT2D eigenvalue weighted by Gasteiger charge is 2.12. The summed E-state index contributed by atoms with van der Waals surface area (Å²) in [6.07, 6.45) is 0. The molecule has 0 atom stereocenters. The lowest BCUT2D eigenvalue weighted by Gasteiger charge is -2.08.